The minimum absolute atomic E-state index is 0.373. The standard InChI is InChI=1S/C18H30N4O2/c1-5-22-10-6-7-14(12-22)20-16-11-13(8-9-15(16)19)21-17(23)24-18(2,3)4/h8-9,11,14,20H,5-7,10,12,19H2,1-4H3,(H,21,23). The second-order valence-electron chi connectivity index (χ2n) is 7.31. The van der Waals surface area contributed by atoms with Crippen molar-refractivity contribution in [1.82, 2.24) is 4.90 Å². The van der Waals surface area contributed by atoms with Crippen LogP contribution in [0.25, 0.3) is 0 Å². The van der Waals surface area contributed by atoms with Crippen molar-refractivity contribution in [2.45, 2.75) is 52.2 Å². The normalized spacial score (nSPS) is 18.9. The van der Waals surface area contributed by atoms with E-state index in [0.29, 0.717) is 17.4 Å². The first kappa shape index (κ1) is 18.4. The van der Waals surface area contributed by atoms with Crippen molar-refractivity contribution in [3.05, 3.63) is 18.2 Å². The van der Waals surface area contributed by atoms with Crippen LogP contribution in [0.1, 0.15) is 40.5 Å². The third kappa shape index (κ3) is 5.60. The first-order valence-electron chi connectivity index (χ1n) is 8.65. The van der Waals surface area contributed by atoms with Gasteiger partial charge in [-0.15, -0.1) is 0 Å². The Labute approximate surface area is 144 Å². The molecule has 1 aliphatic heterocycles. The molecule has 0 spiro atoms. The number of ether oxygens (including phenoxy) is 1. The summed E-state index contributed by atoms with van der Waals surface area (Å²) in [4.78, 5) is 14.3. The fourth-order valence-electron chi connectivity index (χ4n) is 2.86. The van der Waals surface area contributed by atoms with Gasteiger partial charge in [0.25, 0.3) is 0 Å². The molecule has 4 N–H and O–H groups in total. The first-order valence-corrected chi connectivity index (χ1v) is 8.65. The monoisotopic (exact) mass is 334 g/mol. The number of carbonyl (C=O) groups excluding carboxylic acids is 1. The van der Waals surface area contributed by atoms with Crippen molar-refractivity contribution in [2.24, 2.45) is 0 Å². The number of amides is 1. The molecule has 0 radical (unpaired) electrons. The number of nitrogens with two attached hydrogens (primary N) is 1. The van der Waals surface area contributed by atoms with Gasteiger partial charge in [0, 0.05) is 18.3 Å². The van der Waals surface area contributed by atoms with Gasteiger partial charge < -0.3 is 20.7 Å². The number of hydrogen-bond acceptors (Lipinski definition) is 5. The molecule has 1 unspecified atom stereocenters. The summed E-state index contributed by atoms with van der Waals surface area (Å²) in [7, 11) is 0. The second-order valence-corrected chi connectivity index (χ2v) is 7.31. The Balaban J connectivity index is 2.01. The lowest BCUT2D eigenvalue weighted by Crippen LogP contribution is -2.41. The predicted octanol–water partition coefficient (Wildman–Crippen LogP) is 3.51. The largest absolute Gasteiger partial charge is 0.444 e. The summed E-state index contributed by atoms with van der Waals surface area (Å²) in [6.07, 6.45) is 1.84. The lowest BCUT2D eigenvalue weighted by atomic mass is 10.1. The first-order chi connectivity index (χ1) is 11.3. The number of likely N-dealkylation sites (tertiary alicyclic amines) is 1. The predicted molar refractivity (Wildman–Crippen MR) is 99.5 cm³/mol. The molecule has 1 aromatic rings. The Morgan fingerprint density at radius 3 is 2.83 bits per heavy atom. The van der Waals surface area contributed by atoms with E-state index < -0.39 is 11.7 Å². The summed E-state index contributed by atoms with van der Waals surface area (Å²) >= 11 is 0. The molecule has 2 rings (SSSR count). The average molecular weight is 334 g/mol. The molecule has 1 amide bonds. The van der Waals surface area contributed by atoms with E-state index in [4.69, 9.17) is 10.5 Å². The zero-order chi connectivity index (χ0) is 17.7. The topological polar surface area (TPSA) is 79.6 Å². The van der Waals surface area contributed by atoms with Gasteiger partial charge in [-0.05, 0) is 64.9 Å². The summed E-state index contributed by atoms with van der Waals surface area (Å²) in [5.74, 6) is 0. The summed E-state index contributed by atoms with van der Waals surface area (Å²) in [5.41, 5.74) is 7.77. The molecule has 134 valence electrons. The van der Waals surface area contributed by atoms with E-state index in [9.17, 15) is 4.79 Å². The van der Waals surface area contributed by atoms with Crippen molar-refractivity contribution in [1.29, 1.82) is 0 Å². The highest BCUT2D eigenvalue weighted by Gasteiger charge is 2.20. The van der Waals surface area contributed by atoms with Crippen molar-refractivity contribution in [3.8, 4) is 0 Å². The number of nitrogens with zero attached hydrogens (tertiary/aromatic N) is 1. The van der Waals surface area contributed by atoms with Gasteiger partial charge in [-0.1, -0.05) is 6.92 Å². The number of anilines is 3. The molecule has 0 aromatic heterocycles. The quantitative estimate of drug-likeness (QED) is 0.734. The van der Waals surface area contributed by atoms with Gasteiger partial charge in [-0.3, -0.25) is 5.32 Å². The smallest absolute Gasteiger partial charge is 0.412 e. The van der Waals surface area contributed by atoms with Crippen LogP contribution in [0.3, 0.4) is 0 Å². The fourth-order valence-corrected chi connectivity index (χ4v) is 2.86. The van der Waals surface area contributed by atoms with Crippen LogP contribution in [0, 0.1) is 0 Å². The molecule has 1 saturated heterocycles. The number of likely N-dealkylation sites (N-methyl/N-ethyl adjacent to an activating group) is 1. The van der Waals surface area contributed by atoms with Gasteiger partial charge >= 0.3 is 6.09 Å². The number of hydrogen-bond donors (Lipinski definition) is 3. The maximum absolute atomic E-state index is 11.9. The number of nitrogen functional groups attached to an aromatic ring is 1. The van der Waals surface area contributed by atoms with Gasteiger partial charge in [0.05, 0.1) is 11.4 Å². The molecule has 0 saturated carbocycles. The van der Waals surface area contributed by atoms with Crippen LogP contribution in [-0.4, -0.2) is 42.3 Å². The van der Waals surface area contributed by atoms with Crippen LogP contribution >= 0.6 is 0 Å². The summed E-state index contributed by atoms with van der Waals surface area (Å²) in [6.45, 7) is 10.9. The van der Waals surface area contributed by atoms with E-state index in [2.05, 4.69) is 22.5 Å². The molecule has 0 aliphatic carbocycles. The van der Waals surface area contributed by atoms with E-state index >= 15 is 0 Å². The van der Waals surface area contributed by atoms with E-state index in [-0.39, 0.29) is 0 Å². The highest BCUT2D eigenvalue weighted by molar-refractivity contribution is 5.87. The lowest BCUT2D eigenvalue weighted by Gasteiger charge is -2.33. The number of nitrogens with one attached hydrogen (secondary N) is 2. The third-order valence-electron chi connectivity index (χ3n) is 4.01. The lowest BCUT2D eigenvalue weighted by molar-refractivity contribution is 0.0636. The molecule has 1 aromatic carbocycles. The van der Waals surface area contributed by atoms with E-state index in [1.807, 2.05) is 26.8 Å². The maximum Gasteiger partial charge on any atom is 0.412 e. The van der Waals surface area contributed by atoms with Gasteiger partial charge in [-0.25, -0.2) is 4.79 Å². The Morgan fingerprint density at radius 1 is 1.42 bits per heavy atom. The van der Waals surface area contributed by atoms with E-state index in [1.165, 1.54) is 6.42 Å². The van der Waals surface area contributed by atoms with Crippen molar-refractivity contribution in [3.63, 3.8) is 0 Å². The Morgan fingerprint density at radius 2 is 2.17 bits per heavy atom. The van der Waals surface area contributed by atoms with E-state index in [1.54, 1.807) is 12.1 Å². The molecular weight excluding hydrogens is 304 g/mol. The third-order valence-corrected chi connectivity index (χ3v) is 4.01. The number of rotatable bonds is 4. The zero-order valence-electron chi connectivity index (χ0n) is 15.2. The van der Waals surface area contributed by atoms with Crippen molar-refractivity contribution < 1.29 is 9.53 Å². The Kier molecular flexibility index (Phi) is 5.94. The average Bonchev–Trinajstić information content (AvgIpc) is 2.49. The second kappa shape index (κ2) is 7.75. The van der Waals surface area contributed by atoms with Gasteiger partial charge in [0.2, 0.25) is 0 Å². The number of benzene rings is 1. The van der Waals surface area contributed by atoms with Crippen LogP contribution in [0.2, 0.25) is 0 Å². The van der Waals surface area contributed by atoms with E-state index in [0.717, 1.165) is 31.7 Å². The molecule has 6 heteroatoms. The molecule has 1 fully saturated rings. The van der Waals surface area contributed by atoms with Crippen LogP contribution < -0.4 is 16.4 Å². The van der Waals surface area contributed by atoms with Crippen LogP contribution in [-0.2, 0) is 4.74 Å². The molecule has 1 atom stereocenters. The van der Waals surface area contributed by atoms with Crippen molar-refractivity contribution in [2.75, 3.05) is 36.0 Å². The Bertz CT molecular complexity index is 569. The van der Waals surface area contributed by atoms with Crippen LogP contribution in [0.5, 0.6) is 0 Å². The summed E-state index contributed by atoms with van der Waals surface area (Å²) in [5, 5.41) is 6.27. The molecule has 0 bridgehead atoms. The molecule has 1 aliphatic rings. The van der Waals surface area contributed by atoms with Gasteiger partial charge in [0.1, 0.15) is 5.60 Å². The molecule has 6 nitrogen and oxygen atoms in total. The van der Waals surface area contributed by atoms with Gasteiger partial charge in [0.15, 0.2) is 0 Å². The van der Waals surface area contributed by atoms with Crippen LogP contribution in [0.4, 0.5) is 21.9 Å². The highest BCUT2D eigenvalue weighted by atomic mass is 16.6. The minimum Gasteiger partial charge on any atom is -0.444 e. The molecule has 1 heterocycles. The molecule has 24 heavy (non-hydrogen) atoms. The zero-order valence-corrected chi connectivity index (χ0v) is 15.2. The van der Waals surface area contributed by atoms with Crippen molar-refractivity contribution >= 4 is 23.2 Å². The van der Waals surface area contributed by atoms with Gasteiger partial charge in [-0.2, -0.15) is 0 Å². The molecular formula is C18H30N4O2. The maximum atomic E-state index is 11.9. The Hall–Kier alpha value is -1.95. The van der Waals surface area contributed by atoms with Crippen LogP contribution in [0.15, 0.2) is 18.2 Å². The SMILES string of the molecule is CCN1CCCC(Nc2cc(NC(=O)OC(C)(C)C)ccc2N)C1. The fraction of sp³-hybridized carbons (Fsp3) is 0.611. The summed E-state index contributed by atoms with van der Waals surface area (Å²) in [6, 6.07) is 5.82. The minimum atomic E-state index is -0.523. The highest BCUT2D eigenvalue weighted by Crippen LogP contribution is 2.26. The number of piperidine rings is 1. The summed E-state index contributed by atoms with van der Waals surface area (Å²) < 4.78 is 5.28. The number of carbonyl (C=O) groups is 1.